The molecule has 0 spiro atoms. The standard InChI is InChI=1S/C15H14ClF2NS/c1-2-19-9-11-12(16)4-3-5-14(11)20-15-7-6-10(17)8-13(15)18/h3-8,19H,2,9H2,1H3. The van der Waals surface area contributed by atoms with Gasteiger partial charge in [-0.1, -0.05) is 36.4 Å². The van der Waals surface area contributed by atoms with E-state index in [1.807, 2.05) is 19.1 Å². The Balaban J connectivity index is 2.30. The maximum Gasteiger partial charge on any atom is 0.140 e. The predicted molar refractivity (Wildman–Crippen MR) is 79.3 cm³/mol. The van der Waals surface area contributed by atoms with E-state index in [1.165, 1.54) is 23.9 Å². The predicted octanol–water partition coefficient (Wildman–Crippen LogP) is 4.88. The molecule has 0 amide bonds. The molecule has 2 aromatic carbocycles. The normalized spacial score (nSPS) is 10.8. The van der Waals surface area contributed by atoms with E-state index in [2.05, 4.69) is 5.32 Å². The van der Waals surface area contributed by atoms with E-state index in [4.69, 9.17) is 11.6 Å². The molecule has 0 aliphatic carbocycles. The van der Waals surface area contributed by atoms with Gasteiger partial charge in [0.25, 0.3) is 0 Å². The molecule has 5 heteroatoms. The summed E-state index contributed by atoms with van der Waals surface area (Å²) < 4.78 is 26.6. The van der Waals surface area contributed by atoms with Gasteiger partial charge >= 0.3 is 0 Å². The fourth-order valence-corrected chi connectivity index (χ4v) is 3.01. The van der Waals surface area contributed by atoms with Crippen LogP contribution in [0.5, 0.6) is 0 Å². The lowest BCUT2D eigenvalue weighted by molar-refractivity contribution is 0.565. The minimum absolute atomic E-state index is 0.381. The first-order valence-electron chi connectivity index (χ1n) is 6.23. The lowest BCUT2D eigenvalue weighted by Gasteiger charge is -2.12. The molecule has 0 aliphatic rings. The van der Waals surface area contributed by atoms with Crippen molar-refractivity contribution in [3.8, 4) is 0 Å². The lowest BCUT2D eigenvalue weighted by Crippen LogP contribution is -2.12. The summed E-state index contributed by atoms with van der Waals surface area (Å²) in [6.07, 6.45) is 0. The SMILES string of the molecule is CCNCc1c(Cl)cccc1Sc1ccc(F)cc1F. The summed E-state index contributed by atoms with van der Waals surface area (Å²) >= 11 is 7.44. The highest BCUT2D eigenvalue weighted by molar-refractivity contribution is 7.99. The van der Waals surface area contributed by atoms with Crippen LogP contribution in [0.2, 0.25) is 5.02 Å². The van der Waals surface area contributed by atoms with Crippen LogP contribution in [0.3, 0.4) is 0 Å². The van der Waals surface area contributed by atoms with Gasteiger partial charge in [-0.05, 0) is 36.4 Å². The molecule has 106 valence electrons. The summed E-state index contributed by atoms with van der Waals surface area (Å²) in [5.41, 5.74) is 0.921. The van der Waals surface area contributed by atoms with Gasteiger partial charge in [0.2, 0.25) is 0 Å². The Kier molecular flexibility index (Phi) is 5.40. The van der Waals surface area contributed by atoms with Crippen molar-refractivity contribution >= 4 is 23.4 Å². The maximum absolute atomic E-state index is 13.7. The highest BCUT2D eigenvalue weighted by Gasteiger charge is 2.11. The van der Waals surface area contributed by atoms with Gasteiger partial charge in [0.05, 0.1) is 0 Å². The zero-order valence-electron chi connectivity index (χ0n) is 10.9. The summed E-state index contributed by atoms with van der Waals surface area (Å²) in [7, 11) is 0. The highest BCUT2D eigenvalue weighted by atomic mass is 35.5. The van der Waals surface area contributed by atoms with E-state index in [0.717, 1.165) is 23.1 Å². The van der Waals surface area contributed by atoms with Gasteiger partial charge in [-0.3, -0.25) is 0 Å². The number of hydrogen-bond donors (Lipinski definition) is 1. The molecule has 0 unspecified atom stereocenters. The average Bonchev–Trinajstić information content (AvgIpc) is 2.41. The molecule has 1 N–H and O–H groups in total. The van der Waals surface area contributed by atoms with Gasteiger partial charge in [0, 0.05) is 27.4 Å². The zero-order valence-corrected chi connectivity index (χ0v) is 12.5. The Labute approximate surface area is 126 Å². The fraction of sp³-hybridized carbons (Fsp3) is 0.200. The van der Waals surface area contributed by atoms with Crippen LogP contribution in [0.15, 0.2) is 46.2 Å². The van der Waals surface area contributed by atoms with Crippen LogP contribution in [-0.4, -0.2) is 6.54 Å². The van der Waals surface area contributed by atoms with Gasteiger partial charge < -0.3 is 5.32 Å². The van der Waals surface area contributed by atoms with Crippen molar-refractivity contribution in [1.29, 1.82) is 0 Å². The van der Waals surface area contributed by atoms with Crippen molar-refractivity contribution in [2.45, 2.75) is 23.3 Å². The minimum atomic E-state index is -0.578. The molecule has 2 rings (SSSR count). The largest absolute Gasteiger partial charge is 0.313 e. The number of nitrogens with one attached hydrogen (secondary N) is 1. The second-order valence-corrected chi connectivity index (χ2v) is 5.66. The van der Waals surface area contributed by atoms with Crippen LogP contribution in [0.1, 0.15) is 12.5 Å². The second-order valence-electron chi connectivity index (χ2n) is 4.17. The first-order chi connectivity index (χ1) is 9.61. The molecule has 0 saturated heterocycles. The summed E-state index contributed by atoms with van der Waals surface area (Å²) in [5.74, 6) is -1.14. The molecular formula is C15H14ClF2NS. The summed E-state index contributed by atoms with van der Waals surface area (Å²) in [6, 6.07) is 9.08. The zero-order chi connectivity index (χ0) is 14.5. The Morgan fingerprint density at radius 2 is 1.95 bits per heavy atom. The molecule has 0 aromatic heterocycles. The summed E-state index contributed by atoms with van der Waals surface area (Å²) in [6.45, 7) is 3.44. The van der Waals surface area contributed by atoms with Gasteiger partial charge in [-0.15, -0.1) is 0 Å². The maximum atomic E-state index is 13.7. The third kappa shape index (κ3) is 3.72. The highest BCUT2D eigenvalue weighted by Crippen LogP contribution is 2.35. The molecule has 0 heterocycles. The van der Waals surface area contributed by atoms with Crippen LogP contribution in [0, 0.1) is 11.6 Å². The van der Waals surface area contributed by atoms with Crippen LogP contribution >= 0.6 is 23.4 Å². The number of halogens is 3. The van der Waals surface area contributed by atoms with E-state index in [1.54, 1.807) is 6.07 Å². The molecule has 0 atom stereocenters. The van der Waals surface area contributed by atoms with E-state index in [-0.39, 0.29) is 0 Å². The molecule has 20 heavy (non-hydrogen) atoms. The Bertz CT molecular complexity index is 604. The first kappa shape index (κ1) is 15.3. The first-order valence-corrected chi connectivity index (χ1v) is 7.42. The van der Waals surface area contributed by atoms with Crippen molar-refractivity contribution in [1.82, 2.24) is 5.32 Å². The van der Waals surface area contributed by atoms with Gasteiger partial charge in [-0.25, -0.2) is 8.78 Å². The molecule has 1 nitrogen and oxygen atoms in total. The smallest absolute Gasteiger partial charge is 0.140 e. The van der Waals surface area contributed by atoms with E-state index >= 15 is 0 Å². The molecule has 0 bridgehead atoms. The van der Waals surface area contributed by atoms with Crippen molar-refractivity contribution in [3.05, 3.63) is 58.6 Å². The number of benzene rings is 2. The van der Waals surface area contributed by atoms with Crippen molar-refractivity contribution < 1.29 is 8.78 Å². The van der Waals surface area contributed by atoms with Crippen molar-refractivity contribution in [2.24, 2.45) is 0 Å². The quantitative estimate of drug-likeness (QED) is 0.844. The molecule has 0 aliphatic heterocycles. The van der Waals surface area contributed by atoms with Gasteiger partial charge in [0.15, 0.2) is 0 Å². The van der Waals surface area contributed by atoms with Crippen molar-refractivity contribution in [3.63, 3.8) is 0 Å². The monoisotopic (exact) mass is 313 g/mol. The topological polar surface area (TPSA) is 12.0 Å². The van der Waals surface area contributed by atoms with E-state index in [9.17, 15) is 8.78 Å². The van der Waals surface area contributed by atoms with Crippen LogP contribution < -0.4 is 5.32 Å². The molecule has 0 saturated carbocycles. The Hall–Kier alpha value is -1.10. The average molecular weight is 314 g/mol. The lowest BCUT2D eigenvalue weighted by atomic mass is 10.2. The molecule has 0 fully saturated rings. The Morgan fingerprint density at radius 3 is 2.65 bits per heavy atom. The fourth-order valence-electron chi connectivity index (χ4n) is 1.73. The Morgan fingerprint density at radius 1 is 1.15 bits per heavy atom. The van der Waals surface area contributed by atoms with E-state index in [0.29, 0.717) is 16.5 Å². The number of hydrogen-bond acceptors (Lipinski definition) is 2. The summed E-state index contributed by atoms with van der Waals surface area (Å²) in [4.78, 5) is 1.25. The third-order valence-electron chi connectivity index (χ3n) is 2.74. The minimum Gasteiger partial charge on any atom is -0.313 e. The van der Waals surface area contributed by atoms with E-state index < -0.39 is 11.6 Å². The van der Waals surface area contributed by atoms with Crippen LogP contribution in [-0.2, 0) is 6.54 Å². The van der Waals surface area contributed by atoms with Crippen LogP contribution in [0.4, 0.5) is 8.78 Å². The molecular weight excluding hydrogens is 300 g/mol. The third-order valence-corrected chi connectivity index (χ3v) is 4.25. The van der Waals surface area contributed by atoms with Crippen LogP contribution in [0.25, 0.3) is 0 Å². The van der Waals surface area contributed by atoms with Crippen molar-refractivity contribution in [2.75, 3.05) is 6.54 Å². The second kappa shape index (κ2) is 7.07. The summed E-state index contributed by atoms with van der Waals surface area (Å²) in [5, 5.41) is 3.84. The molecule has 0 radical (unpaired) electrons. The number of rotatable bonds is 5. The van der Waals surface area contributed by atoms with Gasteiger partial charge in [0.1, 0.15) is 11.6 Å². The molecule has 2 aromatic rings. The van der Waals surface area contributed by atoms with Gasteiger partial charge in [-0.2, -0.15) is 0 Å².